The number of amides is 2. The summed E-state index contributed by atoms with van der Waals surface area (Å²) >= 11 is 7.35. The summed E-state index contributed by atoms with van der Waals surface area (Å²) in [5.74, 6) is 0.684. The molecule has 1 saturated heterocycles. The number of rotatable bonds is 3. The molecule has 0 atom stereocenters. The molecular weight excluding hydrogens is 308 g/mol. The van der Waals surface area contributed by atoms with Gasteiger partial charge in [-0.1, -0.05) is 11.6 Å². The molecule has 2 fully saturated rings. The van der Waals surface area contributed by atoms with Crippen molar-refractivity contribution in [2.75, 3.05) is 26.2 Å². The highest BCUT2D eigenvalue weighted by Gasteiger charge is 2.34. The molecule has 0 N–H and O–H groups in total. The largest absolute Gasteiger partial charge is 0.341 e. The third-order valence-electron chi connectivity index (χ3n) is 4.04. The number of nitrogens with zero attached hydrogens (tertiary/aromatic N) is 2. The minimum Gasteiger partial charge on any atom is -0.341 e. The second-order valence-electron chi connectivity index (χ2n) is 5.72. The van der Waals surface area contributed by atoms with E-state index in [-0.39, 0.29) is 17.7 Å². The van der Waals surface area contributed by atoms with Gasteiger partial charge in [0.2, 0.25) is 11.8 Å². The van der Waals surface area contributed by atoms with Crippen LogP contribution in [0.4, 0.5) is 0 Å². The fourth-order valence-corrected chi connectivity index (χ4v) is 3.76. The van der Waals surface area contributed by atoms with Crippen molar-refractivity contribution in [2.24, 2.45) is 5.92 Å². The van der Waals surface area contributed by atoms with Crippen molar-refractivity contribution in [1.82, 2.24) is 9.80 Å². The molecule has 4 nitrogen and oxygen atoms in total. The Labute approximate surface area is 133 Å². The smallest absolute Gasteiger partial charge is 0.227 e. The van der Waals surface area contributed by atoms with Crippen LogP contribution in [0.3, 0.4) is 0 Å². The van der Waals surface area contributed by atoms with E-state index in [0.29, 0.717) is 19.5 Å². The zero-order valence-electron chi connectivity index (χ0n) is 11.9. The van der Waals surface area contributed by atoms with Crippen molar-refractivity contribution in [2.45, 2.75) is 25.7 Å². The lowest BCUT2D eigenvalue weighted by Gasteiger charge is -2.22. The van der Waals surface area contributed by atoms with E-state index in [1.807, 2.05) is 21.9 Å². The maximum atomic E-state index is 12.3. The van der Waals surface area contributed by atoms with Crippen LogP contribution in [0.25, 0.3) is 0 Å². The van der Waals surface area contributed by atoms with Crippen LogP contribution < -0.4 is 0 Å². The minimum absolute atomic E-state index is 0.134. The van der Waals surface area contributed by atoms with E-state index in [9.17, 15) is 9.59 Å². The van der Waals surface area contributed by atoms with Crippen molar-refractivity contribution in [1.29, 1.82) is 0 Å². The zero-order valence-corrected chi connectivity index (χ0v) is 13.5. The predicted octanol–water partition coefficient (Wildman–Crippen LogP) is 2.41. The zero-order chi connectivity index (χ0) is 14.8. The van der Waals surface area contributed by atoms with E-state index < -0.39 is 0 Å². The van der Waals surface area contributed by atoms with Crippen molar-refractivity contribution in [3.8, 4) is 0 Å². The van der Waals surface area contributed by atoms with E-state index in [0.717, 1.165) is 41.6 Å². The van der Waals surface area contributed by atoms with Crippen molar-refractivity contribution < 1.29 is 9.59 Å². The third-order valence-corrected chi connectivity index (χ3v) is 5.27. The second-order valence-corrected chi connectivity index (χ2v) is 7.52. The van der Waals surface area contributed by atoms with Gasteiger partial charge in [-0.2, -0.15) is 0 Å². The Kier molecular flexibility index (Phi) is 4.50. The van der Waals surface area contributed by atoms with Gasteiger partial charge < -0.3 is 9.80 Å². The van der Waals surface area contributed by atoms with E-state index in [2.05, 4.69) is 0 Å². The Morgan fingerprint density at radius 2 is 1.86 bits per heavy atom. The molecule has 0 spiro atoms. The van der Waals surface area contributed by atoms with Gasteiger partial charge in [-0.15, -0.1) is 11.3 Å². The topological polar surface area (TPSA) is 40.6 Å². The first-order valence-corrected chi connectivity index (χ1v) is 8.64. The van der Waals surface area contributed by atoms with Crippen LogP contribution in [0.2, 0.25) is 4.34 Å². The van der Waals surface area contributed by atoms with Gasteiger partial charge in [0.1, 0.15) is 0 Å². The molecule has 6 heteroatoms. The lowest BCUT2D eigenvalue weighted by Crippen LogP contribution is -2.38. The van der Waals surface area contributed by atoms with Gasteiger partial charge in [0.25, 0.3) is 0 Å². The third kappa shape index (κ3) is 3.77. The van der Waals surface area contributed by atoms with Crippen LogP contribution in [0.5, 0.6) is 0 Å². The van der Waals surface area contributed by atoms with Gasteiger partial charge in [-0.25, -0.2) is 0 Å². The van der Waals surface area contributed by atoms with Crippen LogP contribution in [0, 0.1) is 5.92 Å². The summed E-state index contributed by atoms with van der Waals surface area (Å²) in [6, 6.07) is 3.74. The Bertz CT molecular complexity index is 542. The lowest BCUT2D eigenvalue weighted by molar-refractivity contribution is -0.134. The number of carbonyl (C=O) groups is 2. The molecule has 0 bridgehead atoms. The standard InChI is InChI=1S/C15H19ClN2O2S/c16-13-5-4-12(21-13)10-14(19)17-6-1-7-18(9-8-17)15(20)11-2-3-11/h4-5,11H,1-3,6-10H2. The molecule has 1 aliphatic carbocycles. The number of halogens is 1. The summed E-state index contributed by atoms with van der Waals surface area (Å²) in [7, 11) is 0. The maximum absolute atomic E-state index is 12.3. The number of hydrogen-bond donors (Lipinski definition) is 0. The van der Waals surface area contributed by atoms with Gasteiger partial charge in [0.05, 0.1) is 10.8 Å². The molecular formula is C15H19ClN2O2S. The highest BCUT2D eigenvalue weighted by atomic mass is 35.5. The van der Waals surface area contributed by atoms with Gasteiger partial charge in [0, 0.05) is 37.0 Å². The summed E-state index contributed by atoms with van der Waals surface area (Å²) in [4.78, 5) is 29.3. The van der Waals surface area contributed by atoms with Crippen LogP contribution in [0.1, 0.15) is 24.1 Å². The summed E-state index contributed by atoms with van der Waals surface area (Å²) in [5.41, 5.74) is 0. The number of hydrogen-bond acceptors (Lipinski definition) is 3. The molecule has 21 heavy (non-hydrogen) atoms. The average Bonchev–Trinajstić information content (AvgIpc) is 3.26. The predicted molar refractivity (Wildman–Crippen MR) is 83.5 cm³/mol. The number of carbonyl (C=O) groups excluding carboxylic acids is 2. The number of thiophene rings is 1. The highest BCUT2D eigenvalue weighted by Crippen LogP contribution is 2.31. The fraction of sp³-hybridized carbons (Fsp3) is 0.600. The van der Waals surface area contributed by atoms with Crippen LogP contribution in [-0.4, -0.2) is 47.8 Å². The molecule has 1 aliphatic heterocycles. The molecule has 0 aromatic carbocycles. The van der Waals surface area contributed by atoms with E-state index in [4.69, 9.17) is 11.6 Å². The van der Waals surface area contributed by atoms with E-state index in [1.165, 1.54) is 11.3 Å². The average molecular weight is 327 g/mol. The molecule has 3 rings (SSSR count). The molecule has 2 aliphatic rings. The van der Waals surface area contributed by atoms with Gasteiger partial charge in [-0.3, -0.25) is 9.59 Å². The SMILES string of the molecule is O=C(Cc1ccc(Cl)s1)N1CCCN(C(=O)C2CC2)CC1. The van der Waals surface area contributed by atoms with Gasteiger partial charge in [-0.05, 0) is 31.4 Å². The molecule has 114 valence electrons. The Hall–Kier alpha value is -1.07. The van der Waals surface area contributed by atoms with Crippen LogP contribution in [0.15, 0.2) is 12.1 Å². The second kappa shape index (κ2) is 6.36. The van der Waals surface area contributed by atoms with E-state index in [1.54, 1.807) is 0 Å². The summed E-state index contributed by atoms with van der Waals surface area (Å²) in [5, 5.41) is 0. The highest BCUT2D eigenvalue weighted by molar-refractivity contribution is 7.16. The summed E-state index contributed by atoms with van der Waals surface area (Å²) < 4.78 is 0.717. The monoisotopic (exact) mass is 326 g/mol. The summed E-state index contributed by atoms with van der Waals surface area (Å²) in [6.45, 7) is 2.85. The summed E-state index contributed by atoms with van der Waals surface area (Å²) in [6.07, 6.45) is 3.36. The van der Waals surface area contributed by atoms with E-state index >= 15 is 0 Å². The van der Waals surface area contributed by atoms with Crippen molar-refractivity contribution in [3.05, 3.63) is 21.3 Å². The maximum Gasteiger partial charge on any atom is 0.227 e. The Morgan fingerprint density at radius 1 is 1.14 bits per heavy atom. The van der Waals surface area contributed by atoms with Crippen molar-refractivity contribution in [3.63, 3.8) is 0 Å². The first-order valence-electron chi connectivity index (χ1n) is 7.44. The normalized spacial score (nSPS) is 19.5. The molecule has 0 radical (unpaired) electrons. The van der Waals surface area contributed by atoms with Gasteiger partial charge >= 0.3 is 0 Å². The Morgan fingerprint density at radius 3 is 2.52 bits per heavy atom. The Balaban J connectivity index is 1.54. The molecule has 1 aromatic rings. The molecule has 1 aromatic heterocycles. The quantitative estimate of drug-likeness (QED) is 0.856. The first-order chi connectivity index (χ1) is 10.1. The first kappa shape index (κ1) is 14.9. The molecule has 2 heterocycles. The molecule has 0 unspecified atom stereocenters. The van der Waals surface area contributed by atoms with Crippen LogP contribution in [-0.2, 0) is 16.0 Å². The molecule has 2 amide bonds. The minimum atomic E-state index is 0.134. The van der Waals surface area contributed by atoms with Crippen LogP contribution >= 0.6 is 22.9 Å². The van der Waals surface area contributed by atoms with Crippen molar-refractivity contribution >= 4 is 34.8 Å². The molecule has 1 saturated carbocycles. The van der Waals surface area contributed by atoms with Gasteiger partial charge in [0.15, 0.2) is 0 Å². The fourth-order valence-electron chi connectivity index (χ4n) is 2.68. The lowest BCUT2D eigenvalue weighted by atomic mass is 10.3.